The summed E-state index contributed by atoms with van der Waals surface area (Å²) in [5.74, 6) is 0.874. The Hall–Kier alpha value is -1.89. The molecule has 0 aliphatic carbocycles. The van der Waals surface area contributed by atoms with Crippen LogP contribution >= 0.6 is 23.2 Å². The first kappa shape index (κ1) is 17.0. The normalized spacial score (nSPS) is 14.5. The smallest absolute Gasteiger partial charge is 0.272 e. The Kier molecular flexibility index (Phi) is 5.18. The predicted molar refractivity (Wildman–Crippen MR) is 93.2 cm³/mol. The van der Waals surface area contributed by atoms with Crippen LogP contribution in [0.15, 0.2) is 24.3 Å². The van der Waals surface area contributed by atoms with Crippen molar-refractivity contribution in [3.63, 3.8) is 0 Å². The van der Waals surface area contributed by atoms with Gasteiger partial charge in [0.15, 0.2) is 0 Å². The summed E-state index contributed by atoms with van der Waals surface area (Å²) in [6.07, 6.45) is 0. The van der Waals surface area contributed by atoms with Crippen molar-refractivity contribution in [3.8, 4) is 0 Å². The summed E-state index contributed by atoms with van der Waals surface area (Å²) in [5.41, 5.74) is 1.00. The molecule has 2 aromatic rings. The number of carbonyl (C=O) groups is 1. The second-order valence-electron chi connectivity index (χ2n) is 5.34. The number of hydrogen-bond donors (Lipinski definition) is 1. The third-order valence-electron chi connectivity index (χ3n) is 3.55. The Morgan fingerprint density at radius 2 is 1.96 bits per heavy atom. The number of morpholine rings is 1. The van der Waals surface area contributed by atoms with E-state index in [1.807, 2.05) is 0 Å². The SMILES string of the molecule is Cc1nc(Nc2ccc(Cl)cc2Cl)cc(C(=O)N2CCOCC2)n1. The molecule has 0 unspecified atom stereocenters. The minimum atomic E-state index is -0.131. The number of amides is 1. The van der Waals surface area contributed by atoms with Crippen LogP contribution in [0, 0.1) is 6.92 Å². The van der Waals surface area contributed by atoms with E-state index in [1.54, 1.807) is 36.1 Å². The number of hydrogen-bond acceptors (Lipinski definition) is 5. The van der Waals surface area contributed by atoms with Gasteiger partial charge in [0, 0.05) is 24.2 Å². The topological polar surface area (TPSA) is 67.4 Å². The molecule has 0 saturated carbocycles. The molecule has 2 heterocycles. The lowest BCUT2D eigenvalue weighted by molar-refractivity contribution is 0.0299. The van der Waals surface area contributed by atoms with Gasteiger partial charge in [-0.05, 0) is 25.1 Å². The van der Waals surface area contributed by atoms with Crippen molar-refractivity contribution >= 4 is 40.6 Å². The quantitative estimate of drug-likeness (QED) is 0.902. The van der Waals surface area contributed by atoms with Crippen molar-refractivity contribution < 1.29 is 9.53 Å². The number of carbonyl (C=O) groups excluding carboxylic acids is 1. The van der Waals surface area contributed by atoms with Crippen LogP contribution < -0.4 is 5.32 Å². The summed E-state index contributed by atoms with van der Waals surface area (Å²) < 4.78 is 5.27. The summed E-state index contributed by atoms with van der Waals surface area (Å²) >= 11 is 12.1. The highest BCUT2D eigenvalue weighted by Gasteiger charge is 2.20. The summed E-state index contributed by atoms with van der Waals surface area (Å²) in [5, 5.41) is 4.12. The Bertz CT molecular complexity index is 764. The van der Waals surface area contributed by atoms with Crippen molar-refractivity contribution in [2.45, 2.75) is 6.92 Å². The van der Waals surface area contributed by atoms with Crippen molar-refractivity contribution in [3.05, 3.63) is 45.8 Å². The third kappa shape index (κ3) is 3.95. The molecule has 1 fully saturated rings. The third-order valence-corrected chi connectivity index (χ3v) is 4.10. The highest BCUT2D eigenvalue weighted by Crippen LogP contribution is 2.28. The molecule has 6 nitrogen and oxygen atoms in total. The van der Waals surface area contributed by atoms with E-state index in [0.717, 1.165) is 0 Å². The van der Waals surface area contributed by atoms with E-state index < -0.39 is 0 Å². The van der Waals surface area contributed by atoms with Crippen LogP contribution in [0.4, 0.5) is 11.5 Å². The van der Waals surface area contributed by atoms with E-state index in [-0.39, 0.29) is 5.91 Å². The molecule has 0 bridgehead atoms. The lowest BCUT2D eigenvalue weighted by Crippen LogP contribution is -2.41. The van der Waals surface area contributed by atoms with E-state index >= 15 is 0 Å². The molecule has 1 N–H and O–H groups in total. The molecule has 0 radical (unpaired) electrons. The minimum Gasteiger partial charge on any atom is -0.378 e. The van der Waals surface area contributed by atoms with Crippen molar-refractivity contribution in [1.29, 1.82) is 0 Å². The number of aryl methyl sites for hydroxylation is 1. The van der Waals surface area contributed by atoms with Crippen LogP contribution in [-0.4, -0.2) is 47.1 Å². The van der Waals surface area contributed by atoms with Crippen molar-refractivity contribution in [2.24, 2.45) is 0 Å². The van der Waals surface area contributed by atoms with E-state index in [1.165, 1.54) is 0 Å². The molecule has 1 aromatic heterocycles. The van der Waals surface area contributed by atoms with Crippen LogP contribution in [0.3, 0.4) is 0 Å². The summed E-state index contributed by atoms with van der Waals surface area (Å²) in [6.45, 7) is 3.95. The molecular weight excluding hydrogens is 351 g/mol. The first-order valence-corrected chi connectivity index (χ1v) is 8.23. The molecule has 8 heteroatoms. The molecule has 1 aromatic carbocycles. The minimum absolute atomic E-state index is 0.131. The highest BCUT2D eigenvalue weighted by molar-refractivity contribution is 6.36. The molecule has 1 saturated heterocycles. The first-order chi connectivity index (χ1) is 11.5. The van der Waals surface area contributed by atoms with E-state index in [2.05, 4.69) is 15.3 Å². The predicted octanol–water partition coefficient (Wildman–Crippen LogP) is 3.31. The molecular formula is C16H16Cl2N4O2. The monoisotopic (exact) mass is 366 g/mol. The number of aromatic nitrogens is 2. The van der Waals surface area contributed by atoms with Crippen LogP contribution in [0.2, 0.25) is 10.0 Å². The van der Waals surface area contributed by atoms with Crippen molar-refractivity contribution in [2.75, 3.05) is 31.6 Å². The maximum absolute atomic E-state index is 12.6. The van der Waals surface area contributed by atoms with Gasteiger partial charge in [0.2, 0.25) is 0 Å². The van der Waals surface area contributed by atoms with Gasteiger partial charge in [-0.1, -0.05) is 23.2 Å². The highest BCUT2D eigenvalue weighted by atomic mass is 35.5. The van der Waals surface area contributed by atoms with E-state index in [0.29, 0.717) is 59.4 Å². The Labute approximate surface area is 149 Å². The second kappa shape index (κ2) is 7.34. The van der Waals surface area contributed by atoms with Gasteiger partial charge in [-0.25, -0.2) is 9.97 Å². The van der Waals surface area contributed by atoms with E-state index in [4.69, 9.17) is 27.9 Å². The van der Waals surface area contributed by atoms with Crippen LogP contribution in [0.25, 0.3) is 0 Å². The number of benzene rings is 1. The maximum Gasteiger partial charge on any atom is 0.272 e. The van der Waals surface area contributed by atoms with Gasteiger partial charge in [0.25, 0.3) is 5.91 Å². The zero-order valence-corrected chi connectivity index (χ0v) is 14.6. The number of rotatable bonds is 3. The Morgan fingerprint density at radius 3 is 2.67 bits per heavy atom. The molecule has 1 aliphatic rings. The van der Waals surface area contributed by atoms with Crippen LogP contribution in [-0.2, 0) is 4.74 Å². The average Bonchev–Trinajstić information content (AvgIpc) is 2.57. The maximum atomic E-state index is 12.6. The van der Waals surface area contributed by atoms with Gasteiger partial charge >= 0.3 is 0 Å². The average molecular weight is 367 g/mol. The van der Waals surface area contributed by atoms with Gasteiger partial charge < -0.3 is 15.0 Å². The molecule has 3 rings (SSSR count). The fourth-order valence-electron chi connectivity index (χ4n) is 2.40. The molecule has 0 spiro atoms. The molecule has 126 valence electrons. The Balaban J connectivity index is 1.84. The first-order valence-electron chi connectivity index (χ1n) is 7.48. The number of nitrogens with one attached hydrogen (secondary N) is 1. The Morgan fingerprint density at radius 1 is 1.21 bits per heavy atom. The van der Waals surface area contributed by atoms with Gasteiger partial charge in [0.1, 0.15) is 17.3 Å². The fourth-order valence-corrected chi connectivity index (χ4v) is 2.85. The standard InChI is InChI=1S/C16H16Cl2N4O2/c1-10-19-14(16(23)22-4-6-24-7-5-22)9-15(20-10)21-13-3-2-11(17)8-12(13)18/h2-3,8-9H,4-7H2,1H3,(H,19,20,21). The molecule has 1 aliphatic heterocycles. The largest absolute Gasteiger partial charge is 0.378 e. The molecule has 0 atom stereocenters. The number of halogens is 2. The van der Waals surface area contributed by atoms with Gasteiger partial charge in [0.05, 0.1) is 23.9 Å². The van der Waals surface area contributed by atoms with E-state index in [9.17, 15) is 4.79 Å². The van der Waals surface area contributed by atoms with Crippen LogP contribution in [0.5, 0.6) is 0 Å². The van der Waals surface area contributed by atoms with Gasteiger partial charge in [-0.2, -0.15) is 0 Å². The fraction of sp³-hybridized carbons (Fsp3) is 0.312. The molecule has 1 amide bonds. The number of ether oxygens (including phenoxy) is 1. The molecule has 24 heavy (non-hydrogen) atoms. The van der Waals surface area contributed by atoms with Crippen LogP contribution in [0.1, 0.15) is 16.3 Å². The lowest BCUT2D eigenvalue weighted by atomic mass is 10.3. The number of anilines is 2. The second-order valence-corrected chi connectivity index (χ2v) is 6.18. The summed E-state index contributed by atoms with van der Waals surface area (Å²) in [4.78, 5) is 22.9. The van der Waals surface area contributed by atoms with Gasteiger partial charge in [-0.3, -0.25) is 4.79 Å². The zero-order chi connectivity index (χ0) is 17.1. The number of nitrogens with zero attached hydrogens (tertiary/aromatic N) is 3. The summed E-state index contributed by atoms with van der Waals surface area (Å²) in [7, 11) is 0. The van der Waals surface area contributed by atoms with Gasteiger partial charge in [-0.15, -0.1) is 0 Å². The lowest BCUT2D eigenvalue weighted by Gasteiger charge is -2.26. The van der Waals surface area contributed by atoms with Crippen molar-refractivity contribution in [1.82, 2.24) is 14.9 Å². The zero-order valence-electron chi connectivity index (χ0n) is 13.1. The summed E-state index contributed by atoms with van der Waals surface area (Å²) in [6, 6.07) is 6.74.